The molecule has 0 aliphatic heterocycles. The molecule has 0 atom stereocenters. The number of hydrogen-bond donors (Lipinski definition) is 1. The van der Waals surface area contributed by atoms with Crippen LogP contribution < -0.4 is 5.73 Å². The number of benzene rings is 1. The molecule has 0 unspecified atom stereocenters. The summed E-state index contributed by atoms with van der Waals surface area (Å²) in [6.07, 6.45) is 1.57. The van der Waals surface area contributed by atoms with E-state index in [4.69, 9.17) is 22.6 Å². The Kier molecular flexibility index (Phi) is 2.37. The summed E-state index contributed by atoms with van der Waals surface area (Å²) in [5.41, 5.74) is 7.13. The number of nitriles is 1. The van der Waals surface area contributed by atoms with Crippen molar-refractivity contribution in [1.82, 2.24) is 0 Å². The van der Waals surface area contributed by atoms with E-state index in [1.807, 2.05) is 6.07 Å². The van der Waals surface area contributed by atoms with Gasteiger partial charge in [0.25, 0.3) is 0 Å². The molecule has 0 aliphatic carbocycles. The van der Waals surface area contributed by atoms with Crippen LogP contribution in [0.15, 0.2) is 18.7 Å². The average molecular weight is 179 g/mol. The zero-order valence-electron chi connectivity index (χ0n) is 6.34. The highest BCUT2D eigenvalue weighted by molar-refractivity contribution is 6.34. The summed E-state index contributed by atoms with van der Waals surface area (Å²) in [7, 11) is 0. The molecule has 1 rings (SSSR count). The van der Waals surface area contributed by atoms with E-state index in [2.05, 4.69) is 6.58 Å². The van der Waals surface area contributed by atoms with Crippen LogP contribution in [-0.4, -0.2) is 0 Å². The standard InChI is InChI=1S/C9H7ClN2/c1-2-7-3-6(5-11)4-8(12)9(7)10/h2-4H,1,12H2. The van der Waals surface area contributed by atoms with Gasteiger partial charge in [0.2, 0.25) is 0 Å². The molecule has 0 aliphatic rings. The number of halogens is 1. The Hall–Kier alpha value is -1.46. The van der Waals surface area contributed by atoms with Gasteiger partial charge in [0.1, 0.15) is 0 Å². The maximum atomic E-state index is 8.59. The molecule has 0 spiro atoms. The van der Waals surface area contributed by atoms with Gasteiger partial charge in [0, 0.05) is 0 Å². The third-order valence-electron chi connectivity index (χ3n) is 1.48. The van der Waals surface area contributed by atoms with E-state index in [1.165, 1.54) is 6.07 Å². The Bertz CT molecular complexity index is 364. The van der Waals surface area contributed by atoms with Crippen LogP contribution in [-0.2, 0) is 0 Å². The van der Waals surface area contributed by atoms with Crippen LogP contribution in [0.1, 0.15) is 11.1 Å². The first kappa shape index (κ1) is 8.63. The van der Waals surface area contributed by atoms with Crippen molar-refractivity contribution in [3.05, 3.63) is 34.9 Å². The summed E-state index contributed by atoms with van der Waals surface area (Å²) < 4.78 is 0. The number of nitrogens with two attached hydrogens (primary N) is 1. The number of anilines is 1. The summed E-state index contributed by atoms with van der Waals surface area (Å²) in [5.74, 6) is 0. The van der Waals surface area contributed by atoms with Gasteiger partial charge < -0.3 is 5.73 Å². The third-order valence-corrected chi connectivity index (χ3v) is 1.91. The normalized spacial score (nSPS) is 9.00. The number of rotatable bonds is 1. The second kappa shape index (κ2) is 3.29. The molecule has 0 saturated carbocycles. The van der Waals surface area contributed by atoms with Gasteiger partial charge in [-0.1, -0.05) is 24.3 Å². The summed E-state index contributed by atoms with van der Waals surface area (Å²) >= 11 is 5.82. The molecule has 1 aromatic rings. The van der Waals surface area contributed by atoms with Crippen LogP contribution >= 0.6 is 11.6 Å². The molecular weight excluding hydrogens is 172 g/mol. The van der Waals surface area contributed by atoms with E-state index in [0.29, 0.717) is 21.8 Å². The number of nitrogens with zero attached hydrogens (tertiary/aromatic N) is 1. The van der Waals surface area contributed by atoms with Crippen molar-refractivity contribution >= 4 is 23.4 Å². The monoisotopic (exact) mass is 178 g/mol. The molecule has 0 fully saturated rings. The number of hydrogen-bond acceptors (Lipinski definition) is 2. The van der Waals surface area contributed by atoms with Crippen molar-refractivity contribution in [2.45, 2.75) is 0 Å². The molecule has 0 aromatic heterocycles. The summed E-state index contributed by atoms with van der Waals surface area (Å²) in [6.45, 7) is 3.56. The average Bonchev–Trinajstić information content (AvgIpc) is 2.09. The first-order chi connectivity index (χ1) is 5.69. The zero-order chi connectivity index (χ0) is 9.14. The van der Waals surface area contributed by atoms with E-state index in [9.17, 15) is 0 Å². The van der Waals surface area contributed by atoms with Gasteiger partial charge >= 0.3 is 0 Å². The molecular formula is C9H7ClN2. The van der Waals surface area contributed by atoms with Crippen LogP contribution in [0.3, 0.4) is 0 Å². The van der Waals surface area contributed by atoms with Crippen LogP contribution in [0.25, 0.3) is 6.08 Å². The molecule has 0 amide bonds. The predicted octanol–water partition coefficient (Wildman–Crippen LogP) is 2.44. The van der Waals surface area contributed by atoms with Crippen molar-refractivity contribution in [3.8, 4) is 6.07 Å². The highest BCUT2D eigenvalue weighted by Gasteiger charge is 2.03. The Morgan fingerprint density at radius 3 is 2.75 bits per heavy atom. The summed E-state index contributed by atoms with van der Waals surface area (Å²) in [4.78, 5) is 0. The fourth-order valence-electron chi connectivity index (χ4n) is 0.883. The highest BCUT2D eigenvalue weighted by atomic mass is 35.5. The highest BCUT2D eigenvalue weighted by Crippen LogP contribution is 2.25. The molecule has 0 radical (unpaired) electrons. The second-order valence-corrected chi connectivity index (χ2v) is 2.66. The Morgan fingerprint density at radius 2 is 2.25 bits per heavy atom. The van der Waals surface area contributed by atoms with Gasteiger partial charge in [0.15, 0.2) is 0 Å². The second-order valence-electron chi connectivity index (χ2n) is 2.28. The van der Waals surface area contributed by atoms with E-state index < -0.39 is 0 Å². The van der Waals surface area contributed by atoms with Crippen molar-refractivity contribution in [2.24, 2.45) is 0 Å². The summed E-state index contributed by atoms with van der Waals surface area (Å²) in [5, 5.41) is 9.04. The van der Waals surface area contributed by atoms with Gasteiger partial charge in [-0.05, 0) is 17.7 Å². The predicted molar refractivity (Wildman–Crippen MR) is 50.7 cm³/mol. The van der Waals surface area contributed by atoms with Gasteiger partial charge in [-0.3, -0.25) is 0 Å². The van der Waals surface area contributed by atoms with Crippen molar-refractivity contribution in [1.29, 1.82) is 5.26 Å². The van der Waals surface area contributed by atoms with Gasteiger partial charge in [-0.15, -0.1) is 0 Å². The molecule has 2 nitrogen and oxygen atoms in total. The minimum Gasteiger partial charge on any atom is -0.397 e. The Labute approximate surface area is 75.9 Å². The lowest BCUT2D eigenvalue weighted by molar-refractivity contribution is 1.48. The van der Waals surface area contributed by atoms with E-state index in [-0.39, 0.29) is 0 Å². The maximum absolute atomic E-state index is 8.59. The Morgan fingerprint density at radius 1 is 1.58 bits per heavy atom. The molecule has 0 saturated heterocycles. The molecule has 1 aromatic carbocycles. The maximum Gasteiger partial charge on any atom is 0.0992 e. The molecule has 0 bridgehead atoms. The lowest BCUT2D eigenvalue weighted by atomic mass is 10.1. The topological polar surface area (TPSA) is 49.8 Å². The quantitative estimate of drug-likeness (QED) is 0.672. The number of nitrogen functional groups attached to an aromatic ring is 1. The van der Waals surface area contributed by atoms with Crippen molar-refractivity contribution in [3.63, 3.8) is 0 Å². The summed E-state index contributed by atoms with van der Waals surface area (Å²) in [6, 6.07) is 5.16. The SMILES string of the molecule is C=Cc1cc(C#N)cc(N)c1Cl. The van der Waals surface area contributed by atoms with Crippen molar-refractivity contribution < 1.29 is 0 Å². The molecule has 3 heteroatoms. The minimum atomic E-state index is 0.408. The lowest BCUT2D eigenvalue weighted by Gasteiger charge is -2.02. The lowest BCUT2D eigenvalue weighted by Crippen LogP contribution is -1.90. The van der Waals surface area contributed by atoms with E-state index in [0.717, 1.165) is 0 Å². The first-order valence-electron chi connectivity index (χ1n) is 3.30. The smallest absolute Gasteiger partial charge is 0.0992 e. The van der Waals surface area contributed by atoms with Crippen molar-refractivity contribution in [2.75, 3.05) is 5.73 Å². The van der Waals surface area contributed by atoms with Crippen LogP contribution in [0.4, 0.5) is 5.69 Å². The fourth-order valence-corrected chi connectivity index (χ4v) is 1.07. The van der Waals surface area contributed by atoms with Crippen LogP contribution in [0, 0.1) is 11.3 Å². The fraction of sp³-hybridized carbons (Fsp3) is 0. The molecule has 60 valence electrons. The molecule has 2 N–H and O–H groups in total. The minimum absolute atomic E-state index is 0.408. The third kappa shape index (κ3) is 1.41. The van der Waals surface area contributed by atoms with Gasteiger partial charge in [-0.2, -0.15) is 5.26 Å². The van der Waals surface area contributed by atoms with Crippen LogP contribution in [0.2, 0.25) is 5.02 Å². The Balaban J connectivity index is 3.41. The van der Waals surface area contributed by atoms with E-state index in [1.54, 1.807) is 12.1 Å². The first-order valence-corrected chi connectivity index (χ1v) is 3.68. The van der Waals surface area contributed by atoms with Gasteiger partial charge in [-0.25, -0.2) is 0 Å². The van der Waals surface area contributed by atoms with Crippen LogP contribution in [0.5, 0.6) is 0 Å². The molecule has 0 heterocycles. The largest absolute Gasteiger partial charge is 0.397 e. The van der Waals surface area contributed by atoms with Gasteiger partial charge in [0.05, 0.1) is 22.3 Å². The van der Waals surface area contributed by atoms with E-state index >= 15 is 0 Å². The molecule has 12 heavy (non-hydrogen) atoms. The zero-order valence-corrected chi connectivity index (χ0v) is 7.10.